The first-order valence-electron chi connectivity index (χ1n) is 4.78. The van der Waals surface area contributed by atoms with Gasteiger partial charge in [0.2, 0.25) is 0 Å². The molecule has 2 aliphatic heterocycles. The molecule has 0 saturated carbocycles. The molecule has 0 spiro atoms. The molecule has 1 unspecified atom stereocenters. The summed E-state index contributed by atoms with van der Waals surface area (Å²) in [6.45, 7) is 6.89. The van der Waals surface area contributed by atoms with Crippen molar-refractivity contribution in [1.82, 2.24) is 4.90 Å². The molecule has 1 atom stereocenters. The van der Waals surface area contributed by atoms with Crippen molar-refractivity contribution in [3.05, 3.63) is 0 Å². The predicted molar refractivity (Wildman–Crippen MR) is 46.0 cm³/mol. The first kappa shape index (κ1) is 8.48. The van der Waals surface area contributed by atoms with E-state index >= 15 is 0 Å². The minimum absolute atomic E-state index is 0.0176. The summed E-state index contributed by atoms with van der Waals surface area (Å²) in [6.07, 6.45) is 2.38. The molecule has 0 aromatic rings. The van der Waals surface area contributed by atoms with E-state index in [4.69, 9.17) is 9.47 Å². The van der Waals surface area contributed by atoms with Crippen molar-refractivity contribution in [3.63, 3.8) is 0 Å². The lowest BCUT2D eigenvalue weighted by molar-refractivity contribution is -0.138. The molecular weight excluding hydrogens is 154 g/mol. The molecule has 2 heterocycles. The Labute approximate surface area is 73.6 Å². The fourth-order valence-electron chi connectivity index (χ4n) is 2.05. The molecule has 0 radical (unpaired) electrons. The van der Waals surface area contributed by atoms with E-state index in [9.17, 15) is 0 Å². The molecule has 2 saturated heterocycles. The summed E-state index contributed by atoms with van der Waals surface area (Å²) >= 11 is 0. The van der Waals surface area contributed by atoms with E-state index in [0.29, 0.717) is 0 Å². The molecule has 0 bridgehead atoms. The quantitative estimate of drug-likeness (QED) is 0.583. The molecule has 0 aromatic carbocycles. The van der Waals surface area contributed by atoms with Crippen LogP contribution in [0.25, 0.3) is 0 Å². The van der Waals surface area contributed by atoms with Crippen molar-refractivity contribution in [3.8, 4) is 0 Å². The van der Waals surface area contributed by atoms with Gasteiger partial charge in [-0.15, -0.1) is 0 Å². The summed E-state index contributed by atoms with van der Waals surface area (Å²) in [5, 5.41) is 0. The average Bonchev–Trinajstić information content (AvgIpc) is 2.55. The van der Waals surface area contributed by atoms with Gasteiger partial charge in [0, 0.05) is 19.7 Å². The number of ether oxygens (including phenoxy) is 2. The fourth-order valence-corrected chi connectivity index (χ4v) is 2.05. The Bertz CT molecular complexity index is 149. The number of morpholine rings is 1. The van der Waals surface area contributed by atoms with Gasteiger partial charge in [0.15, 0.2) is 0 Å². The largest absolute Gasteiger partial charge is 0.379 e. The van der Waals surface area contributed by atoms with E-state index < -0.39 is 0 Å². The van der Waals surface area contributed by atoms with Crippen molar-refractivity contribution in [1.29, 1.82) is 0 Å². The lowest BCUT2D eigenvalue weighted by Crippen LogP contribution is -2.51. The molecule has 0 aliphatic carbocycles. The van der Waals surface area contributed by atoms with Crippen molar-refractivity contribution in [2.45, 2.75) is 25.5 Å². The van der Waals surface area contributed by atoms with E-state index in [1.54, 1.807) is 0 Å². The van der Waals surface area contributed by atoms with Crippen LogP contribution in [0, 0.1) is 0 Å². The summed E-state index contributed by atoms with van der Waals surface area (Å²) in [6, 6.07) is 0. The molecular formula is C9H17NO2. The molecule has 3 heteroatoms. The highest BCUT2D eigenvalue weighted by Gasteiger charge is 2.36. The summed E-state index contributed by atoms with van der Waals surface area (Å²) < 4.78 is 11.1. The van der Waals surface area contributed by atoms with Crippen molar-refractivity contribution in [2.24, 2.45) is 0 Å². The molecule has 2 aliphatic rings. The molecule has 0 amide bonds. The van der Waals surface area contributed by atoms with Crippen LogP contribution < -0.4 is 0 Å². The third kappa shape index (κ3) is 1.49. The summed E-state index contributed by atoms with van der Waals surface area (Å²) in [7, 11) is 0. The van der Waals surface area contributed by atoms with Crippen LogP contribution in [0.1, 0.15) is 19.8 Å². The average molecular weight is 171 g/mol. The van der Waals surface area contributed by atoms with Gasteiger partial charge in [0.25, 0.3) is 0 Å². The van der Waals surface area contributed by atoms with Crippen molar-refractivity contribution in [2.75, 3.05) is 32.9 Å². The van der Waals surface area contributed by atoms with Crippen LogP contribution in [0.2, 0.25) is 0 Å². The number of hydrogen-bond donors (Lipinski definition) is 0. The zero-order valence-corrected chi connectivity index (χ0v) is 7.71. The number of rotatable bonds is 1. The highest BCUT2D eigenvalue weighted by Crippen LogP contribution is 2.29. The van der Waals surface area contributed by atoms with Gasteiger partial charge in [-0.3, -0.25) is 4.90 Å². The van der Waals surface area contributed by atoms with Crippen LogP contribution in [0.5, 0.6) is 0 Å². The summed E-state index contributed by atoms with van der Waals surface area (Å²) in [5.74, 6) is 0. The van der Waals surface area contributed by atoms with E-state index in [-0.39, 0.29) is 5.72 Å². The van der Waals surface area contributed by atoms with Crippen LogP contribution in [0.4, 0.5) is 0 Å². The van der Waals surface area contributed by atoms with Crippen molar-refractivity contribution >= 4 is 0 Å². The second-order valence-electron chi connectivity index (χ2n) is 3.73. The van der Waals surface area contributed by atoms with Crippen molar-refractivity contribution < 1.29 is 9.47 Å². The highest BCUT2D eigenvalue weighted by atomic mass is 16.5. The fraction of sp³-hybridized carbons (Fsp3) is 1.00. The van der Waals surface area contributed by atoms with E-state index in [1.807, 2.05) is 0 Å². The SMILES string of the molecule is CC1(N2CCOCC2)CCCO1. The van der Waals surface area contributed by atoms with E-state index in [2.05, 4.69) is 11.8 Å². The smallest absolute Gasteiger partial charge is 0.119 e. The Hall–Kier alpha value is -0.120. The zero-order valence-electron chi connectivity index (χ0n) is 7.71. The predicted octanol–water partition coefficient (Wildman–Crippen LogP) is 0.845. The Morgan fingerprint density at radius 3 is 2.50 bits per heavy atom. The standard InChI is InChI=1S/C9H17NO2/c1-9(3-2-6-12-9)10-4-7-11-8-5-10/h2-8H2,1H3. The van der Waals surface area contributed by atoms with Gasteiger partial charge < -0.3 is 9.47 Å². The number of hydrogen-bond acceptors (Lipinski definition) is 3. The zero-order chi connectivity index (χ0) is 8.44. The van der Waals surface area contributed by atoms with Crippen LogP contribution >= 0.6 is 0 Å². The third-order valence-corrected chi connectivity index (χ3v) is 2.88. The monoisotopic (exact) mass is 171 g/mol. The van der Waals surface area contributed by atoms with Gasteiger partial charge in [-0.1, -0.05) is 0 Å². The van der Waals surface area contributed by atoms with Crippen LogP contribution in [0.15, 0.2) is 0 Å². The molecule has 0 N–H and O–H groups in total. The maximum Gasteiger partial charge on any atom is 0.119 e. The number of nitrogens with zero attached hydrogens (tertiary/aromatic N) is 1. The highest BCUT2D eigenvalue weighted by molar-refractivity contribution is 4.82. The normalized spacial score (nSPS) is 38.8. The summed E-state index contributed by atoms with van der Waals surface area (Å²) in [4.78, 5) is 2.41. The molecule has 3 nitrogen and oxygen atoms in total. The Morgan fingerprint density at radius 1 is 1.17 bits per heavy atom. The second kappa shape index (κ2) is 3.32. The lowest BCUT2D eigenvalue weighted by atomic mass is 10.1. The minimum Gasteiger partial charge on any atom is -0.379 e. The van der Waals surface area contributed by atoms with Gasteiger partial charge >= 0.3 is 0 Å². The van der Waals surface area contributed by atoms with E-state index in [0.717, 1.165) is 32.9 Å². The molecule has 70 valence electrons. The van der Waals surface area contributed by atoms with Gasteiger partial charge in [0.05, 0.1) is 13.2 Å². The minimum atomic E-state index is 0.0176. The van der Waals surface area contributed by atoms with Gasteiger partial charge in [-0.2, -0.15) is 0 Å². The van der Waals surface area contributed by atoms with E-state index in [1.165, 1.54) is 12.8 Å². The Kier molecular flexibility index (Phi) is 2.35. The summed E-state index contributed by atoms with van der Waals surface area (Å²) in [5.41, 5.74) is 0.0176. The molecule has 12 heavy (non-hydrogen) atoms. The first-order valence-corrected chi connectivity index (χ1v) is 4.78. The molecule has 2 fully saturated rings. The maximum absolute atomic E-state index is 5.75. The van der Waals surface area contributed by atoms with Crippen LogP contribution in [-0.2, 0) is 9.47 Å². The van der Waals surface area contributed by atoms with Gasteiger partial charge in [-0.05, 0) is 19.8 Å². The maximum atomic E-state index is 5.75. The Balaban J connectivity index is 1.96. The second-order valence-corrected chi connectivity index (χ2v) is 3.73. The van der Waals surface area contributed by atoms with Gasteiger partial charge in [-0.25, -0.2) is 0 Å². The van der Waals surface area contributed by atoms with Crippen LogP contribution in [-0.4, -0.2) is 43.5 Å². The molecule has 2 rings (SSSR count). The third-order valence-electron chi connectivity index (χ3n) is 2.88. The topological polar surface area (TPSA) is 21.7 Å². The first-order chi connectivity index (χ1) is 5.81. The molecule has 0 aromatic heterocycles. The van der Waals surface area contributed by atoms with Gasteiger partial charge in [0.1, 0.15) is 5.72 Å². The van der Waals surface area contributed by atoms with Crippen LogP contribution in [0.3, 0.4) is 0 Å². The lowest BCUT2D eigenvalue weighted by Gasteiger charge is -2.39. The Morgan fingerprint density at radius 2 is 1.92 bits per heavy atom.